The van der Waals surface area contributed by atoms with Crippen LogP contribution in [0, 0.1) is 12.7 Å². The largest absolute Gasteiger partial charge is 0.324 e. The van der Waals surface area contributed by atoms with Crippen LogP contribution >= 0.6 is 11.3 Å². The average Bonchev–Trinajstić information content (AvgIpc) is 2.46. The van der Waals surface area contributed by atoms with Gasteiger partial charge in [-0.05, 0) is 13.0 Å². The van der Waals surface area contributed by atoms with E-state index in [1.165, 1.54) is 17.4 Å². The first-order valence-electron chi connectivity index (χ1n) is 3.74. The van der Waals surface area contributed by atoms with Crippen molar-refractivity contribution < 1.29 is 4.39 Å². The maximum Gasteiger partial charge on any atom is 0.152 e. The summed E-state index contributed by atoms with van der Waals surface area (Å²) in [7, 11) is 0. The maximum absolute atomic E-state index is 13.3. The first kappa shape index (κ1) is 8.40. The Morgan fingerprint density at radius 2 is 2.31 bits per heavy atom. The molecule has 0 atom stereocenters. The second kappa shape index (κ2) is 2.93. The minimum atomic E-state index is -0.338. The van der Waals surface area contributed by atoms with Crippen molar-refractivity contribution in [3.05, 3.63) is 23.0 Å². The van der Waals surface area contributed by atoms with Crippen LogP contribution in [0.4, 0.5) is 10.1 Å². The lowest BCUT2D eigenvalue weighted by Gasteiger charge is -1.98. The first-order chi connectivity index (χ1) is 6.20. The molecule has 2 aromatic rings. The van der Waals surface area contributed by atoms with Crippen LogP contribution in [-0.2, 0) is 0 Å². The van der Waals surface area contributed by atoms with E-state index in [1.54, 1.807) is 6.07 Å². The van der Waals surface area contributed by atoms with Crippen LogP contribution in [-0.4, -0.2) is 4.98 Å². The van der Waals surface area contributed by atoms with Gasteiger partial charge in [-0.3, -0.25) is 5.84 Å². The van der Waals surface area contributed by atoms with E-state index in [9.17, 15) is 4.39 Å². The van der Waals surface area contributed by atoms with Crippen LogP contribution in [0.3, 0.4) is 0 Å². The summed E-state index contributed by atoms with van der Waals surface area (Å²) in [6.45, 7) is 1.85. The van der Waals surface area contributed by atoms with Crippen molar-refractivity contribution in [2.24, 2.45) is 5.84 Å². The Morgan fingerprint density at radius 1 is 1.54 bits per heavy atom. The molecule has 5 heteroatoms. The van der Waals surface area contributed by atoms with Gasteiger partial charge in [-0.1, -0.05) is 0 Å². The van der Waals surface area contributed by atoms with Crippen molar-refractivity contribution in [1.29, 1.82) is 0 Å². The van der Waals surface area contributed by atoms with Gasteiger partial charge in [0.05, 0.1) is 15.4 Å². The third-order valence-electron chi connectivity index (χ3n) is 1.72. The number of nitrogens with one attached hydrogen (secondary N) is 1. The van der Waals surface area contributed by atoms with Gasteiger partial charge < -0.3 is 5.43 Å². The Labute approximate surface area is 78.4 Å². The SMILES string of the molecule is Cc1nc2c(F)cc(NN)cc2s1. The molecule has 0 amide bonds. The third kappa shape index (κ3) is 1.36. The van der Waals surface area contributed by atoms with Crippen LogP contribution in [0.2, 0.25) is 0 Å². The second-order valence-corrected chi connectivity index (χ2v) is 3.92. The van der Waals surface area contributed by atoms with Gasteiger partial charge in [0.25, 0.3) is 0 Å². The number of benzene rings is 1. The molecule has 13 heavy (non-hydrogen) atoms. The van der Waals surface area contributed by atoms with Gasteiger partial charge >= 0.3 is 0 Å². The van der Waals surface area contributed by atoms with Crippen molar-refractivity contribution in [2.75, 3.05) is 5.43 Å². The number of aryl methyl sites for hydroxylation is 1. The number of rotatable bonds is 1. The molecule has 3 N–H and O–H groups in total. The Bertz CT molecular complexity index is 452. The molecule has 1 heterocycles. The lowest BCUT2D eigenvalue weighted by Crippen LogP contribution is -2.06. The lowest BCUT2D eigenvalue weighted by atomic mass is 10.3. The molecule has 0 unspecified atom stereocenters. The van der Waals surface area contributed by atoms with Crippen LogP contribution in [0.25, 0.3) is 10.2 Å². The number of nitrogens with two attached hydrogens (primary N) is 1. The Morgan fingerprint density at radius 3 is 3.00 bits per heavy atom. The van der Waals surface area contributed by atoms with Gasteiger partial charge in [0.2, 0.25) is 0 Å². The molecule has 0 aliphatic heterocycles. The molecule has 1 aromatic carbocycles. The van der Waals surface area contributed by atoms with Gasteiger partial charge in [-0.2, -0.15) is 0 Å². The van der Waals surface area contributed by atoms with Crippen molar-refractivity contribution in [1.82, 2.24) is 4.98 Å². The molecule has 0 radical (unpaired) electrons. The van der Waals surface area contributed by atoms with Crippen LogP contribution in [0.15, 0.2) is 12.1 Å². The highest BCUT2D eigenvalue weighted by Gasteiger charge is 2.07. The number of aromatic nitrogens is 1. The van der Waals surface area contributed by atoms with Crippen LogP contribution in [0.1, 0.15) is 5.01 Å². The van der Waals surface area contributed by atoms with Gasteiger partial charge in [0.1, 0.15) is 5.52 Å². The summed E-state index contributed by atoms with van der Waals surface area (Å²) >= 11 is 1.45. The lowest BCUT2D eigenvalue weighted by molar-refractivity contribution is 0.637. The number of anilines is 1. The van der Waals surface area contributed by atoms with E-state index in [2.05, 4.69) is 10.4 Å². The van der Waals surface area contributed by atoms with Gasteiger partial charge in [-0.15, -0.1) is 11.3 Å². The molecular weight excluding hydrogens is 189 g/mol. The van der Waals surface area contributed by atoms with E-state index in [-0.39, 0.29) is 5.82 Å². The molecule has 0 bridgehead atoms. The van der Waals surface area contributed by atoms with E-state index in [0.29, 0.717) is 11.2 Å². The molecule has 0 saturated heterocycles. The smallest absolute Gasteiger partial charge is 0.152 e. The molecular formula is C8H8FN3S. The monoisotopic (exact) mass is 197 g/mol. The second-order valence-electron chi connectivity index (χ2n) is 2.68. The zero-order valence-corrected chi connectivity index (χ0v) is 7.78. The molecule has 1 aromatic heterocycles. The fourth-order valence-corrected chi connectivity index (χ4v) is 2.06. The Kier molecular flexibility index (Phi) is 1.90. The topological polar surface area (TPSA) is 50.9 Å². The van der Waals surface area contributed by atoms with E-state index in [1.807, 2.05) is 6.92 Å². The summed E-state index contributed by atoms with van der Waals surface area (Å²) in [6.07, 6.45) is 0. The van der Waals surface area contributed by atoms with E-state index in [4.69, 9.17) is 5.84 Å². The molecule has 0 fully saturated rings. The molecule has 2 rings (SSSR count). The van der Waals surface area contributed by atoms with Gasteiger partial charge in [0, 0.05) is 6.07 Å². The highest BCUT2D eigenvalue weighted by molar-refractivity contribution is 7.18. The Hall–Kier alpha value is -1.20. The quantitative estimate of drug-likeness (QED) is 0.543. The zero-order valence-electron chi connectivity index (χ0n) is 6.97. The standard InChI is InChI=1S/C8H8FN3S/c1-4-11-8-6(9)2-5(12-10)3-7(8)13-4/h2-3,12H,10H2,1H3. The summed E-state index contributed by atoms with van der Waals surface area (Å²) in [5.41, 5.74) is 3.39. The number of thiazole rings is 1. The number of fused-ring (bicyclic) bond motifs is 1. The minimum absolute atomic E-state index is 0.338. The molecule has 0 spiro atoms. The van der Waals surface area contributed by atoms with Crippen LogP contribution in [0.5, 0.6) is 0 Å². The number of nitrogens with zero attached hydrogens (tertiary/aromatic N) is 1. The predicted octanol–water partition coefficient (Wildman–Crippen LogP) is 2.03. The highest BCUT2D eigenvalue weighted by atomic mass is 32.1. The van der Waals surface area contributed by atoms with E-state index >= 15 is 0 Å². The summed E-state index contributed by atoms with van der Waals surface area (Å²) in [5, 5.41) is 0.850. The highest BCUT2D eigenvalue weighted by Crippen LogP contribution is 2.26. The summed E-state index contributed by atoms with van der Waals surface area (Å²) in [6, 6.07) is 3.12. The van der Waals surface area contributed by atoms with Crippen LogP contribution < -0.4 is 11.3 Å². The molecule has 3 nitrogen and oxygen atoms in total. The number of nitrogen functional groups attached to an aromatic ring is 1. The van der Waals surface area contributed by atoms with Crippen molar-refractivity contribution in [2.45, 2.75) is 6.92 Å². The number of hydrogen-bond acceptors (Lipinski definition) is 4. The predicted molar refractivity (Wildman–Crippen MR) is 52.1 cm³/mol. The minimum Gasteiger partial charge on any atom is -0.324 e. The maximum atomic E-state index is 13.3. The van der Waals surface area contributed by atoms with Crippen molar-refractivity contribution in [3.8, 4) is 0 Å². The Balaban J connectivity index is 2.75. The molecule has 0 aliphatic rings. The van der Waals surface area contributed by atoms with Crippen molar-refractivity contribution >= 4 is 27.2 Å². The summed E-state index contributed by atoms with van der Waals surface area (Å²) in [5.74, 6) is 4.85. The number of hydrogen-bond donors (Lipinski definition) is 2. The normalized spacial score (nSPS) is 10.7. The summed E-state index contributed by atoms with van der Waals surface area (Å²) < 4.78 is 14.1. The third-order valence-corrected chi connectivity index (χ3v) is 2.64. The van der Waals surface area contributed by atoms with Crippen molar-refractivity contribution in [3.63, 3.8) is 0 Å². The summed E-state index contributed by atoms with van der Waals surface area (Å²) in [4.78, 5) is 4.06. The molecule has 68 valence electrons. The fourth-order valence-electron chi connectivity index (χ4n) is 1.18. The fraction of sp³-hybridized carbons (Fsp3) is 0.125. The van der Waals surface area contributed by atoms with Gasteiger partial charge in [-0.25, -0.2) is 9.37 Å². The first-order valence-corrected chi connectivity index (χ1v) is 4.55. The number of hydrazine groups is 1. The number of halogens is 1. The van der Waals surface area contributed by atoms with E-state index < -0.39 is 0 Å². The van der Waals surface area contributed by atoms with Gasteiger partial charge in [0.15, 0.2) is 5.82 Å². The average molecular weight is 197 g/mol. The van der Waals surface area contributed by atoms with E-state index in [0.717, 1.165) is 9.71 Å². The molecule has 0 aliphatic carbocycles. The molecule has 0 saturated carbocycles. The zero-order chi connectivity index (χ0) is 9.42.